The summed E-state index contributed by atoms with van der Waals surface area (Å²) in [5.74, 6) is -1.26. The zero-order valence-corrected chi connectivity index (χ0v) is 16.7. The van der Waals surface area contributed by atoms with E-state index in [1.165, 1.54) is 12.1 Å². The molecule has 0 aliphatic rings. The Morgan fingerprint density at radius 3 is 2.26 bits per heavy atom. The van der Waals surface area contributed by atoms with Crippen LogP contribution in [0.5, 0.6) is 0 Å². The van der Waals surface area contributed by atoms with Gasteiger partial charge < -0.3 is 5.32 Å². The first-order valence-electron chi connectivity index (χ1n) is 8.28. The van der Waals surface area contributed by atoms with E-state index in [4.69, 9.17) is 23.2 Å². The number of anilines is 3. The van der Waals surface area contributed by atoms with E-state index in [2.05, 4.69) is 26.1 Å². The second-order valence-corrected chi connectivity index (χ2v) is 6.65. The highest BCUT2D eigenvalue weighted by Gasteiger charge is 2.24. The number of nitrogens with one attached hydrogen (secondary N) is 3. The fourth-order valence-electron chi connectivity index (χ4n) is 2.39. The van der Waals surface area contributed by atoms with E-state index < -0.39 is 27.1 Å². The Bertz CT molecular complexity index is 1170. The zero-order chi connectivity index (χ0) is 22.5. The highest BCUT2D eigenvalue weighted by molar-refractivity contribution is 6.32. The summed E-state index contributed by atoms with van der Waals surface area (Å²) in [5, 5.41) is 25.7. The minimum Gasteiger partial charge on any atom is -0.334 e. The molecule has 1 heterocycles. The lowest BCUT2D eigenvalue weighted by molar-refractivity contribution is -0.384. The van der Waals surface area contributed by atoms with E-state index in [1.54, 1.807) is 24.3 Å². The van der Waals surface area contributed by atoms with Gasteiger partial charge >= 0.3 is 5.69 Å². The Morgan fingerprint density at radius 1 is 0.935 bits per heavy atom. The molecule has 14 heteroatoms. The van der Waals surface area contributed by atoms with Gasteiger partial charge in [-0.05, 0) is 36.4 Å². The second kappa shape index (κ2) is 9.19. The maximum Gasteiger partial charge on any atom is 0.355 e. The van der Waals surface area contributed by atoms with Crippen molar-refractivity contribution in [3.8, 4) is 0 Å². The molecular weight excluding hydrogens is 453 g/mol. The number of nitrogens with zero attached hydrogens (tertiary/aromatic N) is 4. The third-order valence-corrected chi connectivity index (χ3v) is 4.38. The molecule has 0 aliphatic carbocycles. The van der Waals surface area contributed by atoms with E-state index in [0.29, 0.717) is 10.7 Å². The number of nitro groups is 2. The summed E-state index contributed by atoms with van der Waals surface area (Å²) in [6, 6.07) is 9.78. The van der Waals surface area contributed by atoms with Gasteiger partial charge in [0.15, 0.2) is 0 Å². The number of hydrogen-bond donors (Lipinski definition) is 3. The number of benzene rings is 2. The van der Waals surface area contributed by atoms with Gasteiger partial charge in [0.2, 0.25) is 11.6 Å². The Balaban J connectivity index is 1.82. The highest BCUT2D eigenvalue weighted by atomic mass is 35.5. The van der Waals surface area contributed by atoms with E-state index in [1.807, 2.05) is 0 Å². The van der Waals surface area contributed by atoms with Crippen LogP contribution in [0.25, 0.3) is 0 Å². The summed E-state index contributed by atoms with van der Waals surface area (Å²) in [7, 11) is 0. The minimum absolute atomic E-state index is 0.0974. The van der Waals surface area contributed by atoms with Crippen molar-refractivity contribution in [2.24, 2.45) is 0 Å². The zero-order valence-electron chi connectivity index (χ0n) is 15.2. The lowest BCUT2D eigenvalue weighted by atomic mass is 10.2. The van der Waals surface area contributed by atoms with Crippen LogP contribution >= 0.6 is 23.2 Å². The molecular formula is C17H11Cl2N7O5. The Kier molecular flexibility index (Phi) is 6.43. The summed E-state index contributed by atoms with van der Waals surface area (Å²) in [5.41, 5.74) is 3.92. The Hall–Kier alpha value is -4.03. The normalized spacial score (nSPS) is 10.3. The Labute approximate surface area is 183 Å². The van der Waals surface area contributed by atoms with Gasteiger partial charge in [0.1, 0.15) is 11.3 Å². The summed E-state index contributed by atoms with van der Waals surface area (Å²) < 4.78 is 0. The molecule has 2 aromatic carbocycles. The van der Waals surface area contributed by atoms with Crippen LogP contribution in [-0.4, -0.2) is 25.7 Å². The number of aromatic nitrogens is 2. The van der Waals surface area contributed by atoms with Crippen molar-refractivity contribution in [1.29, 1.82) is 0 Å². The number of nitro benzene ring substituents is 1. The average Bonchev–Trinajstić information content (AvgIpc) is 2.73. The maximum absolute atomic E-state index is 12.3. The molecule has 3 N–H and O–H groups in total. The fraction of sp³-hybridized carbons (Fsp3) is 0. The van der Waals surface area contributed by atoms with Gasteiger partial charge in [0.05, 0.1) is 9.85 Å². The molecule has 0 radical (unpaired) electrons. The molecule has 3 aromatic rings. The highest BCUT2D eigenvalue weighted by Crippen LogP contribution is 2.31. The molecule has 1 amide bonds. The van der Waals surface area contributed by atoms with Gasteiger partial charge in [-0.3, -0.25) is 35.9 Å². The molecule has 0 unspecified atom stereocenters. The SMILES string of the molecule is O=C(NNc1ncnc(Nc2ccc(Cl)cc2)c1[N+](=O)[O-])c1ccc(Cl)c([N+](=O)[O-])c1. The van der Waals surface area contributed by atoms with Gasteiger partial charge in [-0.15, -0.1) is 0 Å². The molecule has 31 heavy (non-hydrogen) atoms. The van der Waals surface area contributed by atoms with Crippen molar-refractivity contribution >= 4 is 57.8 Å². The van der Waals surface area contributed by atoms with Crippen LogP contribution in [0.2, 0.25) is 10.0 Å². The van der Waals surface area contributed by atoms with Crippen LogP contribution in [0.15, 0.2) is 48.8 Å². The van der Waals surface area contributed by atoms with Crippen LogP contribution < -0.4 is 16.2 Å². The molecule has 12 nitrogen and oxygen atoms in total. The van der Waals surface area contributed by atoms with Crippen molar-refractivity contribution in [2.45, 2.75) is 0 Å². The monoisotopic (exact) mass is 463 g/mol. The topological polar surface area (TPSA) is 165 Å². The number of carbonyl (C=O) groups excluding carboxylic acids is 1. The fourth-order valence-corrected chi connectivity index (χ4v) is 2.70. The minimum atomic E-state index is -0.806. The molecule has 0 fully saturated rings. The molecule has 0 spiro atoms. The van der Waals surface area contributed by atoms with Gasteiger partial charge in [0, 0.05) is 22.3 Å². The number of halogens is 2. The first kappa shape index (κ1) is 21.7. The van der Waals surface area contributed by atoms with Gasteiger partial charge in [0.25, 0.3) is 11.6 Å². The average molecular weight is 464 g/mol. The third kappa shape index (κ3) is 5.12. The number of hydrogen-bond acceptors (Lipinski definition) is 9. The quantitative estimate of drug-likeness (QED) is 0.345. The van der Waals surface area contributed by atoms with Crippen molar-refractivity contribution < 1.29 is 14.6 Å². The third-order valence-electron chi connectivity index (χ3n) is 3.81. The van der Waals surface area contributed by atoms with Crippen molar-refractivity contribution in [2.75, 3.05) is 10.7 Å². The predicted octanol–water partition coefficient (Wildman–Crippen LogP) is 4.10. The number of rotatable bonds is 7. The standard InChI is InChI=1S/C17H11Cl2N7O5/c18-10-2-4-11(5-3-10)22-15-14(26(30)31)16(21-8-20-15)23-24-17(27)9-1-6-12(19)13(7-9)25(28)29/h1-8H,(H,24,27)(H2,20,21,22,23). The van der Waals surface area contributed by atoms with Crippen LogP contribution in [0.3, 0.4) is 0 Å². The second-order valence-electron chi connectivity index (χ2n) is 5.81. The Morgan fingerprint density at radius 2 is 1.61 bits per heavy atom. The first-order chi connectivity index (χ1) is 14.8. The van der Waals surface area contributed by atoms with E-state index >= 15 is 0 Å². The van der Waals surface area contributed by atoms with E-state index in [9.17, 15) is 25.0 Å². The summed E-state index contributed by atoms with van der Waals surface area (Å²) in [6.07, 6.45) is 1.05. The van der Waals surface area contributed by atoms with Gasteiger partial charge in [-0.2, -0.15) is 0 Å². The number of amides is 1. The predicted molar refractivity (Wildman–Crippen MR) is 113 cm³/mol. The van der Waals surface area contributed by atoms with Gasteiger partial charge in [-0.25, -0.2) is 9.97 Å². The van der Waals surface area contributed by atoms with Crippen molar-refractivity contribution in [3.05, 3.63) is 84.6 Å². The smallest absolute Gasteiger partial charge is 0.334 e. The molecule has 0 aliphatic heterocycles. The molecule has 0 atom stereocenters. The van der Waals surface area contributed by atoms with Crippen LogP contribution in [0, 0.1) is 20.2 Å². The summed E-state index contributed by atoms with van der Waals surface area (Å²) in [4.78, 5) is 41.0. The molecule has 0 bridgehead atoms. The van der Waals surface area contributed by atoms with Crippen LogP contribution in [-0.2, 0) is 0 Å². The molecule has 1 aromatic heterocycles. The number of carbonyl (C=O) groups is 1. The van der Waals surface area contributed by atoms with E-state index in [-0.39, 0.29) is 22.2 Å². The number of hydrazine groups is 1. The molecule has 158 valence electrons. The molecule has 0 saturated heterocycles. The van der Waals surface area contributed by atoms with E-state index in [0.717, 1.165) is 12.4 Å². The molecule has 0 saturated carbocycles. The van der Waals surface area contributed by atoms with Gasteiger partial charge in [-0.1, -0.05) is 23.2 Å². The first-order valence-corrected chi connectivity index (χ1v) is 9.04. The lowest BCUT2D eigenvalue weighted by Gasteiger charge is -2.11. The summed E-state index contributed by atoms with van der Waals surface area (Å²) >= 11 is 11.5. The summed E-state index contributed by atoms with van der Waals surface area (Å²) in [6.45, 7) is 0. The maximum atomic E-state index is 12.3. The van der Waals surface area contributed by atoms with Crippen LogP contribution in [0.4, 0.5) is 28.7 Å². The van der Waals surface area contributed by atoms with Crippen LogP contribution in [0.1, 0.15) is 10.4 Å². The largest absolute Gasteiger partial charge is 0.355 e. The molecule has 3 rings (SSSR count). The van der Waals surface area contributed by atoms with Crippen molar-refractivity contribution in [3.63, 3.8) is 0 Å². The lowest BCUT2D eigenvalue weighted by Crippen LogP contribution is -2.30. The van der Waals surface area contributed by atoms with Crippen molar-refractivity contribution in [1.82, 2.24) is 15.4 Å².